The zero-order valence-electron chi connectivity index (χ0n) is 8.29. The minimum atomic E-state index is -0.833. The van der Waals surface area contributed by atoms with Crippen molar-refractivity contribution in [3.63, 3.8) is 0 Å². The lowest BCUT2D eigenvalue weighted by molar-refractivity contribution is -0.134. The molecule has 1 fully saturated rings. The number of carbonyl (C=O) groups is 2. The molecule has 0 saturated heterocycles. The zero-order chi connectivity index (χ0) is 10.5. The summed E-state index contributed by atoms with van der Waals surface area (Å²) in [6, 6.07) is 0. The van der Waals surface area contributed by atoms with Crippen molar-refractivity contribution in [1.82, 2.24) is 0 Å². The topological polar surface area (TPSA) is 54.4 Å². The van der Waals surface area contributed by atoms with Gasteiger partial charge in [0.1, 0.15) is 0 Å². The summed E-state index contributed by atoms with van der Waals surface area (Å²) in [5.74, 6) is 0.197. The van der Waals surface area contributed by atoms with Crippen LogP contribution in [-0.2, 0) is 9.59 Å². The monoisotopic (exact) mass is 204 g/mol. The number of aliphatic carboxylic acids is 1. The molecule has 1 aliphatic carbocycles. The Hall–Kier alpha value is -0.510. The van der Waals surface area contributed by atoms with E-state index in [1.54, 1.807) is 6.92 Å². The molecule has 0 bridgehead atoms. The summed E-state index contributed by atoms with van der Waals surface area (Å²) < 4.78 is 0. The Labute approximate surface area is 82.9 Å². The number of thioether (sulfide) groups is 1. The summed E-state index contributed by atoms with van der Waals surface area (Å²) >= 11 is 1.46. The Bertz CT molecular complexity index is 193. The highest BCUT2D eigenvalue weighted by Crippen LogP contribution is 2.47. The molecule has 0 amide bonds. The molecule has 0 spiro atoms. The second kappa shape index (κ2) is 5.27. The predicted octanol–water partition coefficient (Wildman–Crippen LogP) is 2.16. The second-order valence-corrected chi connectivity index (χ2v) is 4.76. The van der Waals surface area contributed by atoms with Gasteiger partial charge in [-0.25, -0.2) is 0 Å². The molecular formula is C9H16O3S. The molecule has 13 heavy (non-hydrogen) atoms. The van der Waals surface area contributed by atoms with Crippen LogP contribution in [0.15, 0.2) is 0 Å². The quantitative estimate of drug-likeness (QED) is 0.749. The summed E-state index contributed by atoms with van der Waals surface area (Å²) in [6.45, 7) is 4.96. The Morgan fingerprint density at radius 3 is 2.00 bits per heavy atom. The number of carbonyl (C=O) groups excluding carboxylic acids is 1. The van der Waals surface area contributed by atoms with Gasteiger partial charge in [0, 0.05) is 19.6 Å². The van der Waals surface area contributed by atoms with Gasteiger partial charge in [0.25, 0.3) is 5.97 Å². The van der Waals surface area contributed by atoms with Gasteiger partial charge in [-0.3, -0.25) is 9.59 Å². The van der Waals surface area contributed by atoms with E-state index in [0.29, 0.717) is 5.41 Å². The van der Waals surface area contributed by atoms with Gasteiger partial charge in [0.15, 0.2) is 5.12 Å². The number of carboxylic acid groups (broad SMARTS) is 1. The average Bonchev–Trinajstić information content (AvgIpc) is 2.64. The molecule has 0 atom stereocenters. The zero-order valence-corrected chi connectivity index (χ0v) is 9.11. The summed E-state index contributed by atoms with van der Waals surface area (Å²) in [7, 11) is 0. The Kier molecular flexibility index (Phi) is 5.06. The van der Waals surface area contributed by atoms with E-state index in [4.69, 9.17) is 9.90 Å². The van der Waals surface area contributed by atoms with E-state index >= 15 is 0 Å². The lowest BCUT2D eigenvalue weighted by Crippen LogP contribution is -1.98. The van der Waals surface area contributed by atoms with Crippen LogP contribution in [-0.4, -0.2) is 21.9 Å². The molecule has 3 nitrogen and oxygen atoms in total. The van der Waals surface area contributed by atoms with Gasteiger partial charge >= 0.3 is 0 Å². The molecule has 0 heterocycles. The van der Waals surface area contributed by atoms with Crippen molar-refractivity contribution >= 4 is 22.8 Å². The van der Waals surface area contributed by atoms with Crippen LogP contribution in [0.3, 0.4) is 0 Å². The van der Waals surface area contributed by atoms with E-state index in [-0.39, 0.29) is 5.12 Å². The van der Waals surface area contributed by atoms with Crippen LogP contribution in [0.1, 0.15) is 33.6 Å². The van der Waals surface area contributed by atoms with Crippen molar-refractivity contribution in [3.8, 4) is 0 Å². The van der Waals surface area contributed by atoms with Crippen molar-refractivity contribution in [3.05, 3.63) is 0 Å². The lowest BCUT2D eigenvalue weighted by atomic mass is 10.2. The molecule has 0 radical (unpaired) electrons. The Morgan fingerprint density at radius 2 is 1.77 bits per heavy atom. The number of hydrogen-bond acceptors (Lipinski definition) is 3. The van der Waals surface area contributed by atoms with Crippen molar-refractivity contribution in [2.24, 2.45) is 5.41 Å². The number of hydrogen-bond donors (Lipinski definition) is 1. The van der Waals surface area contributed by atoms with Crippen LogP contribution in [0.5, 0.6) is 0 Å². The van der Waals surface area contributed by atoms with Crippen LogP contribution >= 0.6 is 11.8 Å². The van der Waals surface area contributed by atoms with Gasteiger partial charge in [-0.05, 0) is 18.3 Å². The largest absolute Gasteiger partial charge is 0.481 e. The van der Waals surface area contributed by atoms with E-state index in [0.717, 1.165) is 12.7 Å². The SMILES string of the molecule is CC(=O)O.CC(=O)SCC1(C)CC1. The first kappa shape index (κ1) is 12.5. The molecule has 76 valence electrons. The molecule has 1 rings (SSSR count). The van der Waals surface area contributed by atoms with Crippen molar-refractivity contribution < 1.29 is 14.7 Å². The van der Waals surface area contributed by atoms with Crippen LogP contribution in [0.25, 0.3) is 0 Å². The third kappa shape index (κ3) is 9.40. The highest BCUT2D eigenvalue weighted by atomic mass is 32.2. The first-order valence-corrected chi connectivity index (χ1v) is 5.17. The molecule has 0 aromatic carbocycles. The first-order valence-electron chi connectivity index (χ1n) is 4.19. The third-order valence-corrected chi connectivity index (χ3v) is 2.98. The van der Waals surface area contributed by atoms with Crippen molar-refractivity contribution in [1.29, 1.82) is 0 Å². The van der Waals surface area contributed by atoms with Gasteiger partial charge < -0.3 is 5.11 Å². The van der Waals surface area contributed by atoms with E-state index in [2.05, 4.69) is 6.92 Å². The van der Waals surface area contributed by atoms with Crippen molar-refractivity contribution in [2.45, 2.75) is 33.6 Å². The van der Waals surface area contributed by atoms with Gasteiger partial charge in [-0.1, -0.05) is 18.7 Å². The minimum Gasteiger partial charge on any atom is -0.481 e. The molecule has 1 aliphatic rings. The standard InChI is InChI=1S/C7H12OS.C2H4O2/c1-6(8)9-5-7(2)3-4-7;1-2(3)4/h3-5H2,1-2H3;1H3,(H,3,4). The highest BCUT2D eigenvalue weighted by molar-refractivity contribution is 8.13. The fourth-order valence-corrected chi connectivity index (χ4v) is 1.47. The fraction of sp³-hybridized carbons (Fsp3) is 0.778. The number of carboxylic acids is 1. The highest BCUT2D eigenvalue weighted by Gasteiger charge is 2.37. The molecule has 0 aromatic rings. The van der Waals surface area contributed by atoms with E-state index in [1.807, 2.05) is 0 Å². The maximum Gasteiger partial charge on any atom is 0.300 e. The van der Waals surface area contributed by atoms with E-state index in [1.165, 1.54) is 24.6 Å². The molecule has 0 unspecified atom stereocenters. The summed E-state index contributed by atoms with van der Waals surface area (Å²) in [4.78, 5) is 19.5. The second-order valence-electron chi connectivity index (χ2n) is 3.61. The van der Waals surface area contributed by atoms with Gasteiger partial charge in [0.2, 0.25) is 0 Å². The van der Waals surface area contributed by atoms with Gasteiger partial charge in [-0.15, -0.1) is 0 Å². The Balaban J connectivity index is 0.000000310. The predicted molar refractivity (Wildman–Crippen MR) is 53.8 cm³/mol. The Morgan fingerprint density at radius 1 is 1.38 bits per heavy atom. The maximum atomic E-state index is 10.5. The third-order valence-electron chi connectivity index (χ3n) is 1.73. The van der Waals surface area contributed by atoms with Crippen LogP contribution < -0.4 is 0 Å². The minimum absolute atomic E-state index is 0.253. The smallest absolute Gasteiger partial charge is 0.300 e. The molecular weight excluding hydrogens is 188 g/mol. The first-order chi connectivity index (χ1) is 5.86. The number of rotatable bonds is 2. The fourth-order valence-electron chi connectivity index (χ4n) is 0.634. The summed E-state index contributed by atoms with van der Waals surface area (Å²) in [5, 5.41) is 7.67. The summed E-state index contributed by atoms with van der Waals surface area (Å²) in [6.07, 6.45) is 2.63. The normalized spacial score (nSPS) is 16.8. The van der Waals surface area contributed by atoms with Crippen LogP contribution in [0, 0.1) is 5.41 Å². The molecule has 1 saturated carbocycles. The van der Waals surface area contributed by atoms with Crippen LogP contribution in [0.4, 0.5) is 0 Å². The molecule has 0 aromatic heterocycles. The van der Waals surface area contributed by atoms with Gasteiger partial charge in [0.05, 0.1) is 0 Å². The van der Waals surface area contributed by atoms with Crippen molar-refractivity contribution in [2.75, 3.05) is 5.75 Å². The average molecular weight is 204 g/mol. The molecule has 4 heteroatoms. The summed E-state index contributed by atoms with van der Waals surface area (Å²) in [5.41, 5.74) is 0.524. The van der Waals surface area contributed by atoms with Gasteiger partial charge in [-0.2, -0.15) is 0 Å². The van der Waals surface area contributed by atoms with E-state index < -0.39 is 5.97 Å². The molecule has 0 aliphatic heterocycles. The maximum absolute atomic E-state index is 10.5. The van der Waals surface area contributed by atoms with Crippen LogP contribution in [0.2, 0.25) is 0 Å². The van der Waals surface area contributed by atoms with E-state index in [9.17, 15) is 4.79 Å². The lowest BCUT2D eigenvalue weighted by Gasteiger charge is -2.02. The molecule has 1 N–H and O–H groups in total.